The summed E-state index contributed by atoms with van der Waals surface area (Å²) in [5.41, 5.74) is 0.235. The molecule has 1 heterocycles. The number of carbonyl (C=O) groups excluding carboxylic acids is 1. The largest absolute Gasteiger partial charge is 0.291 e. The van der Waals surface area contributed by atoms with Crippen LogP contribution in [0.15, 0.2) is 46.7 Å². The van der Waals surface area contributed by atoms with Gasteiger partial charge in [0, 0.05) is 16.7 Å². The number of primary sulfonamides is 1. The Morgan fingerprint density at radius 2 is 1.97 bits per heavy atom. The zero-order valence-corrected chi connectivity index (χ0v) is 16.7. The van der Waals surface area contributed by atoms with Crippen molar-refractivity contribution >= 4 is 32.4 Å². The fourth-order valence-corrected chi connectivity index (χ4v) is 4.51. The lowest BCUT2D eigenvalue weighted by Crippen LogP contribution is -2.28. The molecule has 10 heteroatoms. The summed E-state index contributed by atoms with van der Waals surface area (Å²) in [6.45, 7) is -1.70. The minimum absolute atomic E-state index is 0.0602. The van der Waals surface area contributed by atoms with E-state index in [1.807, 2.05) is 0 Å². The lowest BCUT2D eigenvalue weighted by Gasteiger charge is -2.14. The number of anilines is 1. The van der Waals surface area contributed by atoms with E-state index in [1.54, 1.807) is 6.07 Å². The maximum atomic E-state index is 14.7. The molecule has 0 aliphatic heterocycles. The van der Waals surface area contributed by atoms with Crippen molar-refractivity contribution in [3.05, 3.63) is 65.4 Å². The molecule has 2 N–H and O–H groups in total. The number of likely N-dealkylation sites (N-methyl/N-ethyl adjacent to an activating group) is 1. The van der Waals surface area contributed by atoms with E-state index in [2.05, 4.69) is 4.98 Å². The molecule has 3 aromatic rings. The highest BCUT2D eigenvalue weighted by Crippen LogP contribution is 2.29. The summed E-state index contributed by atoms with van der Waals surface area (Å²) >= 11 is 0.431. The molecular weight excluding hydrogens is 420 g/mol. The van der Waals surface area contributed by atoms with E-state index >= 15 is 0 Å². The van der Waals surface area contributed by atoms with E-state index < -0.39 is 46.1 Å². The predicted octanol–water partition coefficient (Wildman–Crippen LogP) is 3.25. The number of hydrogen-bond acceptors (Lipinski definition) is 5. The number of sulfonamides is 1. The highest BCUT2D eigenvalue weighted by Gasteiger charge is 2.23. The van der Waals surface area contributed by atoms with E-state index in [9.17, 15) is 22.0 Å². The Bertz CT molecular complexity index is 1290. The minimum Gasteiger partial charge on any atom is -0.291 e. The van der Waals surface area contributed by atoms with E-state index in [1.165, 1.54) is 37.3 Å². The van der Waals surface area contributed by atoms with Crippen LogP contribution in [0.4, 0.5) is 13.9 Å². The van der Waals surface area contributed by atoms with Gasteiger partial charge in [0.05, 0.1) is 12.1 Å². The molecule has 152 valence electrons. The van der Waals surface area contributed by atoms with E-state index in [0.29, 0.717) is 16.2 Å². The van der Waals surface area contributed by atoms with Crippen LogP contribution in [0.25, 0.3) is 11.1 Å². The average Bonchev–Trinajstić information content (AvgIpc) is 3.04. The van der Waals surface area contributed by atoms with Gasteiger partial charge in [-0.15, -0.1) is 0 Å². The highest BCUT2D eigenvalue weighted by atomic mass is 32.2. The molecule has 0 atom stereocenters. The lowest BCUT2D eigenvalue weighted by molar-refractivity contribution is -0.117. The summed E-state index contributed by atoms with van der Waals surface area (Å²) in [4.78, 5) is 17.0. The molecule has 29 heavy (non-hydrogen) atoms. The van der Waals surface area contributed by atoms with Crippen LogP contribution in [0, 0.1) is 18.6 Å². The van der Waals surface area contributed by atoms with Crippen molar-refractivity contribution in [1.29, 1.82) is 0 Å². The Morgan fingerprint density at radius 1 is 1.24 bits per heavy atom. The fraction of sp³-hybridized carbons (Fsp3) is 0.158. The number of amides is 1. The van der Waals surface area contributed by atoms with Crippen LogP contribution in [0.5, 0.6) is 0 Å². The minimum atomic E-state index is -4.17. The van der Waals surface area contributed by atoms with Crippen molar-refractivity contribution in [2.24, 2.45) is 5.14 Å². The summed E-state index contributed by atoms with van der Waals surface area (Å²) in [6.07, 6.45) is -0.648. The van der Waals surface area contributed by atoms with Gasteiger partial charge in [0.2, 0.25) is 15.9 Å². The first-order chi connectivity index (χ1) is 14.8. The molecule has 1 aromatic heterocycles. The maximum absolute atomic E-state index is 14.7. The normalized spacial score (nSPS) is 13.4. The molecule has 0 spiro atoms. The molecule has 0 saturated carbocycles. The number of nitrogens with two attached hydrogens (primary N) is 1. The van der Waals surface area contributed by atoms with Crippen LogP contribution in [-0.4, -0.2) is 26.3 Å². The van der Waals surface area contributed by atoms with Crippen molar-refractivity contribution in [2.45, 2.75) is 17.6 Å². The zero-order valence-electron chi connectivity index (χ0n) is 18.0. The Balaban J connectivity index is 1.94. The predicted molar refractivity (Wildman–Crippen MR) is 107 cm³/mol. The smallest absolute Gasteiger partial charge is 0.249 e. The third-order valence-electron chi connectivity index (χ3n) is 4.02. The molecule has 0 aliphatic rings. The van der Waals surface area contributed by atoms with Crippen LogP contribution in [0.2, 0.25) is 0 Å². The molecule has 2 aromatic carbocycles. The average molecular weight is 441 g/mol. The Labute approximate surface area is 174 Å². The molecule has 0 unspecified atom stereocenters. The van der Waals surface area contributed by atoms with Gasteiger partial charge in [-0.2, -0.15) is 0 Å². The van der Waals surface area contributed by atoms with Gasteiger partial charge in [0.15, 0.2) is 9.34 Å². The number of halogens is 2. The Morgan fingerprint density at radius 3 is 2.55 bits per heavy atom. The Kier molecular flexibility index (Phi) is 4.73. The lowest BCUT2D eigenvalue weighted by atomic mass is 10.0. The summed E-state index contributed by atoms with van der Waals surface area (Å²) in [6, 6.07) is 9.50. The number of hydrogen-bond donors (Lipinski definition) is 1. The number of aromatic nitrogens is 1. The van der Waals surface area contributed by atoms with Gasteiger partial charge in [-0.05, 0) is 30.2 Å². The second-order valence-electron chi connectivity index (χ2n) is 6.11. The van der Waals surface area contributed by atoms with Gasteiger partial charge < -0.3 is 0 Å². The molecule has 0 saturated heterocycles. The number of aryl methyl sites for hydroxylation is 1. The van der Waals surface area contributed by atoms with Crippen molar-refractivity contribution in [3.8, 4) is 11.1 Å². The first-order valence-electron chi connectivity index (χ1n) is 9.65. The number of thiazole rings is 1. The standard InChI is InChI=1S/C19H17F2N3O3S2/c1-11-18(29(22,26)27)28-19(23-11)24(2)17(25)10-13-8-7-12(9-16(13)21)14-5-3-4-6-15(14)20/h3-9H,10H2,1-2H3,(H2,22,26,27)/i2D3. The van der Waals surface area contributed by atoms with Gasteiger partial charge in [0.25, 0.3) is 0 Å². The third-order valence-corrected chi connectivity index (χ3v) is 6.72. The molecule has 0 radical (unpaired) electrons. The number of carbonyl (C=O) groups is 1. The number of nitrogens with zero attached hydrogens (tertiary/aromatic N) is 2. The van der Waals surface area contributed by atoms with Gasteiger partial charge in [0.1, 0.15) is 11.6 Å². The molecule has 3 rings (SSSR count). The van der Waals surface area contributed by atoms with E-state index in [4.69, 9.17) is 9.25 Å². The third kappa shape index (κ3) is 4.50. The number of rotatable bonds is 5. The maximum Gasteiger partial charge on any atom is 0.249 e. The second kappa shape index (κ2) is 7.97. The van der Waals surface area contributed by atoms with Gasteiger partial charge in [-0.25, -0.2) is 27.3 Å². The van der Waals surface area contributed by atoms with Crippen molar-refractivity contribution in [1.82, 2.24) is 4.98 Å². The topological polar surface area (TPSA) is 93.4 Å². The van der Waals surface area contributed by atoms with Crippen LogP contribution >= 0.6 is 11.3 Å². The SMILES string of the molecule is [2H]C([2H])([2H])N(C(=O)Cc1ccc(-c2ccccc2F)cc1F)c1nc(C)c(S(N)(=O)=O)s1. The summed E-state index contributed by atoms with van der Waals surface area (Å²) in [5.74, 6) is -2.41. The van der Waals surface area contributed by atoms with Crippen molar-refractivity contribution in [2.75, 3.05) is 11.9 Å². The molecule has 0 aliphatic carbocycles. The van der Waals surface area contributed by atoms with Crippen LogP contribution in [0.3, 0.4) is 0 Å². The van der Waals surface area contributed by atoms with Crippen LogP contribution < -0.4 is 10.0 Å². The first kappa shape index (κ1) is 17.2. The van der Waals surface area contributed by atoms with Gasteiger partial charge in [-0.3, -0.25) is 9.69 Å². The van der Waals surface area contributed by atoms with Crippen molar-refractivity contribution in [3.63, 3.8) is 0 Å². The monoisotopic (exact) mass is 440 g/mol. The van der Waals surface area contributed by atoms with E-state index in [-0.39, 0.29) is 26.6 Å². The fourth-order valence-electron chi connectivity index (χ4n) is 2.63. The molecular formula is C19H17F2N3O3S2. The second-order valence-corrected chi connectivity index (χ2v) is 8.84. The Hall–Kier alpha value is -2.69. The summed E-state index contributed by atoms with van der Waals surface area (Å²) in [5, 5.41) is 4.69. The summed E-state index contributed by atoms with van der Waals surface area (Å²) in [7, 11) is -4.17. The zero-order chi connectivity index (χ0) is 23.8. The van der Waals surface area contributed by atoms with Crippen LogP contribution in [-0.2, 0) is 21.2 Å². The molecule has 0 bridgehead atoms. The quantitative estimate of drug-likeness (QED) is 0.659. The first-order valence-corrected chi connectivity index (χ1v) is 10.5. The van der Waals surface area contributed by atoms with Gasteiger partial charge in [-0.1, -0.05) is 41.7 Å². The number of benzene rings is 2. The van der Waals surface area contributed by atoms with Gasteiger partial charge >= 0.3 is 0 Å². The highest BCUT2D eigenvalue weighted by molar-refractivity contribution is 7.91. The molecule has 6 nitrogen and oxygen atoms in total. The van der Waals surface area contributed by atoms with Crippen molar-refractivity contribution < 1.29 is 26.1 Å². The summed E-state index contributed by atoms with van der Waals surface area (Å²) < 4.78 is 74.6. The molecule has 1 amide bonds. The molecule has 0 fully saturated rings. The van der Waals surface area contributed by atoms with E-state index in [0.717, 1.165) is 6.07 Å². The van der Waals surface area contributed by atoms with Crippen LogP contribution in [0.1, 0.15) is 15.4 Å².